The first kappa shape index (κ1) is 16.6. The van der Waals surface area contributed by atoms with Gasteiger partial charge >= 0.3 is 5.97 Å². The van der Waals surface area contributed by atoms with Gasteiger partial charge in [-0.25, -0.2) is 0 Å². The summed E-state index contributed by atoms with van der Waals surface area (Å²) in [6.07, 6.45) is 3.04. The van der Waals surface area contributed by atoms with E-state index in [0.29, 0.717) is 19.4 Å². The Morgan fingerprint density at radius 3 is 2.53 bits per heavy atom. The molecule has 0 aromatic rings. The van der Waals surface area contributed by atoms with Gasteiger partial charge in [-0.15, -0.1) is 0 Å². The monoisotopic (exact) mass is 263 g/mol. The molecule has 0 aromatic carbocycles. The molecule has 0 unspecified atom stereocenters. The quantitative estimate of drug-likeness (QED) is 0.339. The predicted molar refractivity (Wildman–Crippen MR) is 52.7 cm³/mol. The second kappa shape index (κ2) is 9.70. The maximum absolute atomic E-state index is 10.7. The van der Waals surface area contributed by atoms with Crippen LogP contribution < -0.4 is 11.1 Å². The van der Waals surface area contributed by atoms with Gasteiger partial charge in [0.2, 0.25) is 5.91 Å². The number of nitrogens with one attached hydrogen (secondary N) is 1. The number of hydrogen-bond acceptors (Lipinski definition) is 3. The summed E-state index contributed by atoms with van der Waals surface area (Å²) in [6.45, 7) is 3.83. The molecule has 6 heteroatoms. The minimum Gasteiger partial charge on any atom is -0.480 e. The van der Waals surface area contributed by atoms with Crippen LogP contribution in [0.2, 0.25) is 0 Å². The van der Waals surface area contributed by atoms with Crippen LogP contribution in [0.15, 0.2) is 12.7 Å². The van der Waals surface area contributed by atoms with E-state index in [1.807, 2.05) is 0 Å². The normalized spacial score (nSPS) is 11.0. The van der Waals surface area contributed by atoms with E-state index in [1.165, 1.54) is 6.08 Å². The zero-order valence-electron chi connectivity index (χ0n) is 8.33. The Kier molecular flexibility index (Phi) is 10.7. The van der Waals surface area contributed by atoms with Crippen molar-refractivity contribution in [3.05, 3.63) is 12.7 Å². The number of amides is 1. The van der Waals surface area contributed by atoms with Gasteiger partial charge in [0.25, 0.3) is 0 Å². The molecule has 0 saturated carbocycles. The van der Waals surface area contributed by atoms with Crippen molar-refractivity contribution >= 4 is 11.9 Å². The second-order valence-corrected chi connectivity index (χ2v) is 2.94. The number of carbonyl (C=O) groups excluding carboxylic acids is 1. The summed E-state index contributed by atoms with van der Waals surface area (Å²) in [5.74, 6) is -1.20. The van der Waals surface area contributed by atoms with E-state index in [2.05, 4.69) is 11.9 Å². The van der Waals surface area contributed by atoms with E-state index in [0.717, 1.165) is 6.42 Å². The summed E-state index contributed by atoms with van der Waals surface area (Å²) < 4.78 is 0. The molecule has 5 nitrogen and oxygen atoms in total. The number of rotatable bonds is 7. The molecule has 0 aliphatic carbocycles. The summed E-state index contributed by atoms with van der Waals surface area (Å²) >= 11 is 0. The molecule has 0 saturated heterocycles. The predicted octanol–water partition coefficient (Wildman–Crippen LogP) is -0.132. The Labute approximate surface area is 99.6 Å². The van der Waals surface area contributed by atoms with E-state index >= 15 is 0 Å². The van der Waals surface area contributed by atoms with Gasteiger partial charge in [0.1, 0.15) is 6.04 Å². The molecule has 0 spiro atoms. The molecule has 0 fully saturated rings. The first-order valence-corrected chi connectivity index (χ1v) is 4.46. The first-order valence-electron chi connectivity index (χ1n) is 4.46. The van der Waals surface area contributed by atoms with Crippen LogP contribution in [0, 0.1) is 0 Å². The van der Waals surface area contributed by atoms with Crippen LogP contribution in [-0.2, 0) is 26.7 Å². The van der Waals surface area contributed by atoms with Gasteiger partial charge in [-0.05, 0) is 25.3 Å². The van der Waals surface area contributed by atoms with Crippen LogP contribution in [-0.4, -0.2) is 29.6 Å². The third-order valence-electron chi connectivity index (χ3n) is 1.74. The maximum Gasteiger partial charge on any atom is 0.320 e. The Bertz CT molecular complexity index is 221. The summed E-state index contributed by atoms with van der Waals surface area (Å²) in [5.41, 5.74) is 5.28. The minimum atomic E-state index is -0.986. The van der Waals surface area contributed by atoms with Gasteiger partial charge in [-0.3, -0.25) is 9.59 Å². The van der Waals surface area contributed by atoms with E-state index in [-0.39, 0.29) is 23.0 Å². The van der Waals surface area contributed by atoms with E-state index in [4.69, 9.17) is 10.8 Å². The smallest absolute Gasteiger partial charge is 0.320 e. The largest absolute Gasteiger partial charge is 0.480 e. The van der Waals surface area contributed by atoms with E-state index < -0.39 is 12.0 Å². The number of unbranched alkanes of at least 4 members (excludes halogenated alkanes) is 1. The molecule has 0 rings (SSSR count). The summed E-state index contributed by atoms with van der Waals surface area (Å²) in [5, 5.41) is 11.0. The van der Waals surface area contributed by atoms with Crippen LogP contribution in [0.4, 0.5) is 0 Å². The number of nitrogens with two attached hydrogens (primary N) is 1. The van der Waals surface area contributed by atoms with Crippen LogP contribution in [0.25, 0.3) is 0 Å². The second-order valence-electron chi connectivity index (χ2n) is 2.94. The number of carboxylic acid groups (broad SMARTS) is 1. The molecule has 0 heterocycles. The Balaban J connectivity index is 0. The molecule has 1 radical (unpaired) electrons. The van der Waals surface area contributed by atoms with Crippen molar-refractivity contribution in [3.8, 4) is 0 Å². The topological polar surface area (TPSA) is 92.4 Å². The average molecular weight is 264 g/mol. The number of carboxylic acids is 1. The van der Waals surface area contributed by atoms with Crippen molar-refractivity contribution in [3.63, 3.8) is 0 Å². The molecule has 91 valence electrons. The molecule has 0 aliphatic rings. The molecule has 0 bridgehead atoms. The van der Waals surface area contributed by atoms with Gasteiger partial charge in [-0.2, -0.15) is 0 Å². The third kappa shape index (κ3) is 9.46. The van der Waals surface area contributed by atoms with Crippen LogP contribution >= 0.6 is 0 Å². The van der Waals surface area contributed by atoms with E-state index in [1.54, 1.807) is 0 Å². The van der Waals surface area contributed by atoms with Gasteiger partial charge < -0.3 is 16.2 Å². The summed E-state index contributed by atoms with van der Waals surface area (Å²) in [4.78, 5) is 21.0. The zero-order valence-corrected chi connectivity index (χ0v) is 9.27. The van der Waals surface area contributed by atoms with Gasteiger partial charge in [-0.1, -0.05) is 6.58 Å². The Morgan fingerprint density at radius 1 is 1.47 bits per heavy atom. The minimum absolute atomic E-state index is 0. The summed E-state index contributed by atoms with van der Waals surface area (Å²) in [7, 11) is 0. The number of carbonyl (C=O) groups is 2. The van der Waals surface area contributed by atoms with Crippen LogP contribution in [0.5, 0.6) is 0 Å². The van der Waals surface area contributed by atoms with Crippen molar-refractivity contribution in [1.82, 2.24) is 5.32 Å². The van der Waals surface area contributed by atoms with Crippen molar-refractivity contribution in [2.75, 3.05) is 6.54 Å². The Hall–Kier alpha value is -0.841. The number of aliphatic carboxylic acids is 1. The maximum atomic E-state index is 10.7. The van der Waals surface area contributed by atoms with Crippen molar-refractivity contribution in [2.24, 2.45) is 5.73 Å². The van der Waals surface area contributed by atoms with E-state index in [9.17, 15) is 9.59 Å². The fraction of sp³-hybridized carbons (Fsp3) is 0.556. The van der Waals surface area contributed by atoms with Crippen LogP contribution in [0.1, 0.15) is 19.3 Å². The molecule has 0 aromatic heterocycles. The Morgan fingerprint density at radius 2 is 2.07 bits per heavy atom. The average Bonchev–Trinajstić information content (AvgIpc) is 2.16. The fourth-order valence-electron chi connectivity index (χ4n) is 0.896. The van der Waals surface area contributed by atoms with Crippen molar-refractivity contribution in [1.29, 1.82) is 0 Å². The summed E-state index contributed by atoms with van der Waals surface area (Å²) in [6, 6.07) is -0.801. The fourth-order valence-corrected chi connectivity index (χ4v) is 0.896. The van der Waals surface area contributed by atoms with Gasteiger partial charge in [0.15, 0.2) is 0 Å². The van der Waals surface area contributed by atoms with Crippen LogP contribution in [0.3, 0.4) is 0 Å². The van der Waals surface area contributed by atoms with Crippen molar-refractivity contribution < 1.29 is 31.8 Å². The molecular formula is C9H16CuN2O3. The first-order chi connectivity index (χ1) is 6.57. The number of hydrogen-bond donors (Lipinski definition) is 3. The molecule has 15 heavy (non-hydrogen) atoms. The molecule has 0 aliphatic heterocycles. The third-order valence-corrected chi connectivity index (χ3v) is 1.74. The van der Waals surface area contributed by atoms with Crippen molar-refractivity contribution in [2.45, 2.75) is 25.3 Å². The molecule has 1 amide bonds. The molecular weight excluding hydrogens is 248 g/mol. The zero-order chi connectivity index (χ0) is 11.0. The molecule has 4 N–H and O–H groups in total. The SMILES string of the molecule is C=CC(=O)NCCCC[C@H](N)C(=O)O.[Cu]. The molecule has 1 atom stereocenters. The van der Waals surface area contributed by atoms with Gasteiger partial charge in [0, 0.05) is 23.6 Å². The van der Waals surface area contributed by atoms with Gasteiger partial charge in [0.05, 0.1) is 0 Å². The standard InChI is InChI=1S/C9H16N2O3.Cu/c1-2-8(12)11-6-4-3-5-7(10)9(13)14;/h2,7H,1,3-6,10H2,(H,11,12)(H,13,14);/t7-;/m0./s1.